The van der Waals surface area contributed by atoms with E-state index in [2.05, 4.69) is 9.82 Å². The Balaban J connectivity index is 2.27. The summed E-state index contributed by atoms with van der Waals surface area (Å²) in [5.41, 5.74) is 7.14. The van der Waals surface area contributed by atoms with Gasteiger partial charge in [0, 0.05) is 18.8 Å². The van der Waals surface area contributed by atoms with Gasteiger partial charge in [-0.1, -0.05) is 18.2 Å². The minimum absolute atomic E-state index is 0.119. The Morgan fingerprint density at radius 1 is 1.32 bits per heavy atom. The molecule has 0 aliphatic rings. The maximum absolute atomic E-state index is 12.2. The zero-order chi connectivity index (χ0) is 14.0. The molecule has 102 valence electrons. The van der Waals surface area contributed by atoms with Gasteiger partial charge in [-0.3, -0.25) is 4.68 Å². The number of sulfonamides is 1. The average Bonchev–Trinajstić information content (AvgIpc) is 2.76. The molecular formula is C12H16N4O2S. The van der Waals surface area contributed by atoms with E-state index in [1.807, 2.05) is 6.07 Å². The van der Waals surface area contributed by atoms with Gasteiger partial charge in [-0.2, -0.15) is 5.10 Å². The first kappa shape index (κ1) is 13.6. The molecule has 0 aliphatic heterocycles. The molecule has 6 nitrogen and oxygen atoms in total. The van der Waals surface area contributed by atoms with Crippen LogP contribution in [-0.2, 0) is 17.1 Å². The lowest BCUT2D eigenvalue weighted by Gasteiger charge is -2.16. The van der Waals surface area contributed by atoms with Gasteiger partial charge >= 0.3 is 0 Å². The third-order valence-corrected chi connectivity index (χ3v) is 4.46. The fraction of sp³-hybridized carbons (Fsp3) is 0.250. The summed E-state index contributed by atoms with van der Waals surface area (Å²) in [6.07, 6.45) is 1.44. The van der Waals surface area contributed by atoms with Crippen LogP contribution in [0.2, 0.25) is 0 Å². The number of nitrogen functional groups attached to an aromatic ring is 1. The second kappa shape index (κ2) is 5.02. The van der Waals surface area contributed by atoms with Gasteiger partial charge in [0.25, 0.3) is 10.0 Å². The van der Waals surface area contributed by atoms with Crippen LogP contribution >= 0.6 is 0 Å². The maximum Gasteiger partial charge on any atom is 0.258 e. The van der Waals surface area contributed by atoms with Gasteiger partial charge in [-0.05, 0) is 24.6 Å². The lowest BCUT2D eigenvalue weighted by molar-refractivity contribution is 0.550. The van der Waals surface area contributed by atoms with Gasteiger partial charge in [-0.15, -0.1) is 0 Å². The quantitative estimate of drug-likeness (QED) is 0.819. The van der Waals surface area contributed by atoms with Crippen LogP contribution in [0.4, 0.5) is 5.69 Å². The SMILES string of the molecule is CC(NS(=O)(=O)c1ccnn1C)c1ccccc1N. The van der Waals surface area contributed by atoms with Crippen LogP contribution in [0.1, 0.15) is 18.5 Å². The number of aryl methyl sites for hydroxylation is 1. The molecular weight excluding hydrogens is 264 g/mol. The second-order valence-corrected chi connectivity index (χ2v) is 5.93. The summed E-state index contributed by atoms with van der Waals surface area (Å²) in [5.74, 6) is 0. The Morgan fingerprint density at radius 2 is 2.00 bits per heavy atom. The molecule has 1 aromatic carbocycles. The van der Waals surface area contributed by atoms with Crippen molar-refractivity contribution < 1.29 is 8.42 Å². The third-order valence-electron chi connectivity index (χ3n) is 2.85. The van der Waals surface area contributed by atoms with Crippen LogP contribution in [0.25, 0.3) is 0 Å². The lowest BCUT2D eigenvalue weighted by Crippen LogP contribution is -2.29. The zero-order valence-corrected chi connectivity index (χ0v) is 11.6. The van der Waals surface area contributed by atoms with Crippen molar-refractivity contribution in [2.75, 3.05) is 5.73 Å². The number of hydrogen-bond donors (Lipinski definition) is 2. The molecule has 1 unspecified atom stereocenters. The van der Waals surface area contributed by atoms with E-state index in [1.54, 1.807) is 32.2 Å². The Hall–Kier alpha value is -1.86. The van der Waals surface area contributed by atoms with Crippen LogP contribution in [0.3, 0.4) is 0 Å². The van der Waals surface area contributed by atoms with Gasteiger partial charge in [0.15, 0.2) is 5.03 Å². The number of para-hydroxylation sites is 1. The summed E-state index contributed by atoms with van der Waals surface area (Å²) in [4.78, 5) is 0. The van der Waals surface area contributed by atoms with Crippen LogP contribution < -0.4 is 10.5 Å². The number of nitrogens with zero attached hydrogens (tertiary/aromatic N) is 2. The Labute approximate surface area is 112 Å². The van der Waals surface area contributed by atoms with Crippen molar-refractivity contribution >= 4 is 15.7 Å². The van der Waals surface area contributed by atoms with Crippen molar-refractivity contribution in [2.45, 2.75) is 18.0 Å². The highest BCUT2D eigenvalue weighted by atomic mass is 32.2. The van der Waals surface area contributed by atoms with Crippen LogP contribution in [-0.4, -0.2) is 18.2 Å². The summed E-state index contributed by atoms with van der Waals surface area (Å²) in [6, 6.07) is 8.20. The molecule has 0 bridgehead atoms. The summed E-state index contributed by atoms with van der Waals surface area (Å²) < 4.78 is 28.3. The fourth-order valence-corrected chi connectivity index (χ4v) is 3.24. The predicted octanol–water partition coefficient (Wildman–Crippen LogP) is 1.04. The molecule has 2 aromatic rings. The smallest absolute Gasteiger partial charge is 0.258 e. The molecule has 19 heavy (non-hydrogen) atoms. The lowest BCUT2D eigenvalue weighted by atomic mass is 10.1. The standard InChI is InChI=1S/C12H16N4O2S/c1-9(10-5-3-4-6-11(10)13)15-19(17,18)12-7-8-14-16(12)2/h3-9,15H,13H2,1-2H3. The first-order chi connectivity index (χ1) is 8.92. The highest BCUT2D eigenvalue weighted by Gasteiger charge is 2.22. The predicted molar refractivity (Wildman–Crippen MR) is 72.8 cm³/mol. The molecule has 1 aromatic heterocycles. The van der Waals surface area contributed by atoms with E-state index in [4.69, 9.17) is 5.73 Å². The normalized spacial score (nSPS) is 13.4. The summed E-state index contributed by atoms with van der Waals surface area (Å²) in [7, 11) is -2.04. The van der Waals surface area contributed by atoms with Gasteiger partial charge in [0.1, 0.15) is 0 Å². The first-order valence-corrected chi connectivity index (χ1v) is 7.25. The molecule has 0 amide bonds. The number of hydrogen-bond acceptors (Lipinski definition) is 4. The number of nitrogens with two attached hydrogens (primary N) is 1. The minimum atomic E-state index is -3.62. The van der Waals surface area contributed by atoms with Crippen molar-refractivity contribution in [3.63, 3.8) is 0 Å². The highest BCUT2D eigenvalue weighted by Crippen LogP contribution is 2.21. The molecule has 7 heteroatoms. The molecule has 0 radical (unpaired) electrons. The van der Waals surface area contributed by atoms with E-state index < -0.39 is 16.1 Å². The van der Waals surface area contributed by atoms with Gasteiger partial charge in [0.05, 0.1) is 6.20 Å². The van der Waals surface area contributed by atoms with Gasteiger partial charge in [0.2, 0.25) is 0 Å². The largest absolute Gasteiger partial charge is 0.398 e. The van der Waals surface area contributed by atoms with E-state index in [9.17, 15) is 8.42 Å². The molecule has 3 N–H and O–H groups in total. The molecule has 1 atom stereocenters. The highest BCUT2D eigenvalue weighted by molar-refractivity contribution is 7.89. The van der Waals surface area contributed by atoms with Crippen LogP contribution in [0.5, 0.6) is 0 Å². The minimum Gasteiger partial charge on any atom is -0.398 e. The maximum atomic E-state index is 12.2. The number of benzene rings is 1. The van der Waals surface area contributed by atoms with Crippen LogP contribution in [0.15, 0.2) is 41.6 Å². The average molecular weight is 280 g/mol. The summed E-state index contributed by atoms with van der Waals surface area (Å²) >= 11 is 0. The Kier molecular flexibility index (Phi) is 3.59. The summed E-state index contributed by atoms with van der Waals surface area (Å²) in [6.45, 7) is 1.75. The molecule has 0 saturated heterocycles. The second-order valence-electron chi connectivity index (χ2n) is 4.26. The molecule has 0 fully saturated rings. The molecule has 0 saturated carbocycles. The monoisotopic (exact) mass is 280 g/mol. The van der Waals surface area contributed by atoms with E-state index in [0.717, 1.165) is 5.56 Å². The fourth-order valence-electron chi connectivity index (χ4n) is 1.89. The number of aromatic nitrogens is 2. The van der Waals surface area contributed by atoms with Crippen molar-refractivity contribution in [2.24, 2.45) is 7.05 Å². The molecule has 2 rings (SSSR count). The van der Waals surface area contributed by atoms with Crippen molar-refractivity contribution in [3.05, 3.63) is 42.1 Å². The van der Waals surface area contributed by atoms with Gasteiger partial charge < -0.3 is 5.73 Å². The van der Waals surface area contributed by atoms with Crippen molar-refractivity contribution in [1.82, 2.24) is 14.5 Å². The van der Waals surface area contributed by atoms with Gasteiger partial charge in [-0.25, -0.2) is 13.1 Å². The van der Waals surface area contributed by atoms with E-state index in [1.165, 1.54) is 16.9 Å². The van der Waals surface area contributed by atoms with E-state index >= 15 is 0 Å². The summed E-state index contributed by atoms with van der Waals surface area (Å²) in [5, 5.41) is 3.97. The topological polar surface area (TPSA) is 90.0 Å². The van der Waals surface area contributed by atoms with Crippen molar-refractivity contribution in [3.8, 4) is 0 Å². The molecule has 0 spiro atoms. The number of rotatable bonds is 4. The van der Waals surface area contributed by atoms with Crippen molar-refractivity contribution in [1.29, 1.82) is 0 Å². The number of nitrogens with one attached hydrogen (secondary N) is 1. The zero-order valence-electron chi connectivity index (χ0n) is 10.7. The van der Waals surface area contributed by atoms with E-state index in [0.29, 0.717) is 5.69 Å². The Morgan fingerprint density at radius 3 is 2.58 bits per heavy atom. The number of anilines is 1. The first-order valence-electron chi connectivity index (χ1n) is 5.76. The van der Waals surface area contributed by atoms with E-state index in [-0.39, 0.29) is 5.03 Å². The molecule has 1 heterocycles. The Bertz CT molecular complexity index is 679. The molecule has 0 aliphatic carbocycles. The third kappa shape index (κ3) is 2.77. The van der Waals surface area contributed by atoms with Crippen LogP contribution in [0, 0.1) is 0 Å².